The van der Waals surface area contributed by atoms with Crippen LogP contribution in [0.1, 0.15) is 43.9 Å². The van der Waals surface area contributed by atoms with E-state index in [4.69, 9.17) is 9.47 Å². The first kappa shape index (κ1) is 16.5. The molecule has 0 radical (unpaired) electrons. The Morgan fingerprint density at radius 2 is 2.19 bits per heavy atom. The predicted octanol–water partition coefficient (Wildman–Crippen LogP) is 3.34. The monoisotopic (exact) mass is 291 g/mol. The van der Waals surface area contributed by atoms with E-state index in [1.54, 1.807) is 7.11 Å². The van der Waals surface area contributed by atoms with Gasteiger partial charge in [-0.15, -0.1) is 0 Å². The molecule has 3 nitrogen and oxygen atoms in total. The highest BCUT2D eigenvalue weighted by molar-refractivity contribution is 5.31. The first-order valence-electron chi connectivity index (χ1n) is 8.16. The number of ether oxygens (including phenoxy) is 2. The Morgan fingerprint density at radius 3 is 2.95 bits per heavy atom. The highest BCUT2D eigenvalue weighted by atomic mass is 16.5. The summed E-state index contributed by atoms with van der Waals surface area (Å²) in [7, 11) is 1.78. The van der Waals surface area contributed by atoms with Crippen molar-refractivity contribution in [2.24, 2.45) is 5.92 Å². The van der Waals surface area contributed by atoms with E-state index in [1.807, 2.05) is 0 Å². The normalized spacial score (nSPS) is 20.8. The number of hydrogen-bond donors (Lipinski definition) is 1. The van der Waals surface area contributed by atoms with Gasteiger partial charge in [-0.1, -0.05) is 38.1 Å². The van der Waals surface area contributed by atoms with Crippen molar-refractivity contribution >= 4 is 0 Å². The summed E-state index contributed by atoms with van der Waals surface area (Å²) in [4.78, 5) is 0. The third-order valence-electron chi connectivity index (χ3n) is 4.22. The molecule has 3 heteroatoms. The van der Waals surface area contributed by atoms with Crippen molar-refractivity contribution in [3.63, 3.8) is 0 Å². The molecule has 1 aliphatic heterocycles. The van der Waals surface area contributed by atoms with Crippen LogP contribution in [-0.2, 0) is 15.9 Å². The second kappa shape index (κ2) is 8.52. The summed E-state index contributed by atoms with van der Waals surface area (Å²) in [5, 5.41) is 3.61. The number of benzene rings is 1. The summed E-state index contributed by atoms with van der Waals surface area (Å²) >= 11 is 0. The fraction of sp³-hybridized carbons (Fsp3) is 0.667. The molecule has 3 unspecified atom stereocenters. The lowest BCUT2D eigenvalue weighted by molar-refractivity contribution is 0.0265. The van der Waals surface area contributed by atoms with Gasteiger partial charge >= 0.3 is 0 Å². The molecule has 1 heterocycles. The van der Waals surface area contributed by atoms with Gasteiger partial charge in [0.1, 0.15) is 0 Å². The summed E-state index contributed by atoms with van der Waals surface area (Å²) in [5.41, 5.74) is 2.83. The molecule has 0 saturated carbocycles. The molecule has 1 N–H and O–H groups in total. The van der Waals surface area contributed by atoms with E-state index in [1.165, 1.54) is 11.1 Å². The highest BCUT2D eigenvalue weighted by Crippen LogP contribution is 2.31. The van der Waals surface area contributed by atoms with Gasteiger partial charge in [0.15, 0.2) is 0 Å². The molecule has 0 spiro atoms. The van der Waals surface area contributed by atoms with Crippen LogP contribution >= 0.6 is 0 Å². The van der Waals surface area contributed by atoms with E-state index < -0.39 is 0 Å². The Kier molecular flexibility index (Phi) is 6.68. The van der Waals surface area contributed by atoms with Crippen LogP contribution < -0.4 is 5.32 Å². The van der Waals surface area contributed by atoms with Crippen molar-refractivity contribution in [2.75, 3.05) is 26.9 Å². The molecule has 21 heavy (non-hydrogen) atoms. The van der Waals surface area contributed by atoms with E-state index in [0.29, 0.717) is 12.0 Å². The Labute approximate surface area is 129 Å². The van der Waals surface area contributed by atoms with Crippen LogP contribution in [-0.4, -0.2) is 32.9 Å². The van der Waals surface area contributed by atoms with Gasteiger partial charge in [-0.25, -0.2) is 0 Å². The summed E-state index contributed by atoms with van der Waals surface area (Å²) in [6.07, 6.45) is 3.44. The van der Waals surface area contributed by atoms with E-state index in [2.05, 4.69) is 43.4 Å². The molecule has 0 bridgehead atoms. The van der Waals surface area contributed by atoms with Gasteiger partial charge in [-0.3, -0.25) is 0 Å². The zero-order chi connectivity index (χ0) is 15.1. The highest BCUT2D eigenvalue weighted by Gasteiger charge is 2.24. The molecular formula is C18H29NO2. The molecule has 0 aliphatic carbocycles. The molecular weight excluding hydrogens is 262 g/mol. The van der Waals surface area contributed by atoms with Crippen molar-refractivity contribution in [3.8, 4) is 0 Å². The van der Waals surface area contributed by atoms with Gasteiger partial charge < -0.3 is 14.8 Å². The fourth-order valence-corrected chi connectivity index (χ4v) is 3.32. The first-order valence-corrected chi connectivity index (χ1v) is 8.16. The Balaban J connectivity index is 2.00. The molecule has 3 atom stereocenters. The van der Waals surface area contributed by atoms with E-state index in [0.717, 1.165) is 39.0 Å². The maximum atomic E-state index is 6.05. The maximum Gasteiger partial charge on any atom is 0.0842 e. The van der Waals surface area contributed by atoms with E-state index in [-0.39, 0.29) is 6.10 Å². The lowest BCUT2D eigenvalue weighted by Gasteiger charge is -2.30. The van der Waals surface area contributed by atoms with E-state index in [9.17, 15) is 0 Å². The molecule has 2 rings (SSSR count). The SMILES string of the molecule is CCNC(CC(C)COC)CC1OCCc2ccccc21. The zero-order valence-corrected chi connectivity index (χ0v) is 13.6. The summed E-state index contributed by atoms with van der Waals surface area (Å²) in [5.74, 6) is 0.567. The number of rotatable bonds is 8. The quantitative estimate of drug-likeness (QED) is 0.797. The van der Waals surface area contributed by atoms with Crippen LogP contribution in [0.2, 0.25) is 0 Å². The zero-order valence-electron chi connectivity index (χ0n) is 13.6. The third-order valence-corrected chi connectivity index (χ3v) is 4.22. The third kappa shape index (κ3) is 4.80. The molecule has 0 fully saturated rings. The van der Waals surface area contributed by atoms with Gasteiger partial charge in [0.05, 0.1) is 12.7 Å². The predicted molar refractivity (Wildman–Crippen MR) is 86.6 cm³/mol. The average molecular weight is 291 g/mol. The minimum atomic E-state index is 0.230. The summed E-state index contributed by atoms with van der Waals surface area (Å²) in [6.45, 7) is 7.09. The molecule has 1 aliphatic rings. The molecule has 1 aromatic rings. The van der Waals surface area contributed by atoms with Crippen LogP contribution in [0.3, 0.4) is 0 Å². The summed E-state index contributed by atoms with van der Waals surface area (Å²) in [6, 6.07) is 9.19. The van der Waals surface area contributed by atoms with Gasteiger partial charge in [0, 0.05) is 19.8 Å². The second-order valence-electron chi connectivity index (χ2n) is 6.09. The molecule has 0 amide bonds. The lowest BCUT2D eigenvalue weighted by Crippen LogP contribution is -2.34. The average Bonchev–Trinajstić information content (AvgIpc) is 2.48. The largest absolute Gasteiger partial charge is 0.384 e. The van der Waals surface area contributed by atoms with Crippen molar-refractivity contribution in [3.05, 3.63) is 35.4 Å². The van der Waals surface area contributed by atoms with Crippen LogP contribution in [0.5, 0.6) is 0 Å². The van der Waals surface area contributed by atoms with Gasteiger partial charge in [-0.05, 0) is 42.9 Å². The van der Waals surface area contributed by atoms with Gasteiger partial charge in [0.2, 0.25) is 0 Å². The smallest absolute Gasteiger partial charge is 0.0842 e. The van der Waals surface area contributed by atoms with Crippen molar-refractivity contribution in [1.82, 2.24) is 5.32 Å². The Bertz CT molecular complexity index is 421. The molecule has 0 saturated heterocycles. The molecule has 118 valence electrons. The minimum absolute atomic E-state index is 0.230. The van der Waals surface area contributed by atoms with Crippen LogP contribution in [0.15, 0.2) is 24.3 Å². The molecule has 0 aromatic heterocycles. The topological polar surface area (TPSA) is 30.5 Å². The Hall–Kier alpha value is -0.900. The minimum Gasteiger partial charge on any atom is -0.384 e. The van der Waals surface area contributed by atoms with Gasteiger partial charge in [0.25, 0.3) is 0 Å². The second-order valence-corrected chi connectivity index (χ2v) is 6.09. The number of nitrogens with one attached hydrogen (secondary N) is 1. The summed E-state index contributed by atoms with van der Waals surface area (Å²) < 4.78 is 11.3. The van der Waals surface area contributed by atoms with Crippen LogP contribution in [0.25, 0.3) is 0 Å². The standard InChI is InChI=1S/C18H29NO2/c1-4-19-16(11-14(2)13-20-3)12-18-17-8-6-5-7-15(17)9-10-21-18/h5-8,14,16,18-19H,4,9-13H2,1-3H3. The van der Waals surface area contributed by atoms with E-state index >= 15 is 0 Å². The van der Waals surface area contributed by atoms with Crippen molar-refractivity contribution < 1.29 is 9.47 Å². The fourth-order valence-electron chi connectivity index (χ4n) is 3.32. The number of fused-ring (bicyclic) bond motifs is 1. The van der Waals surface area contributed by atoms with Crippen LogP contribution in [0.4, 0.5) is 0 Å². The maximum absolute atomic E-state index is 6.05. The Morgan fingerprint density at radius 1 is 1.38 bits per heavy atom. The lowest BCUT2D eigenvalue weighted by atomic mass is 9.90. The number of methoxy groups -OCH3 is 1. The number of hydrogen-bond acceptors (Lipinski definition) is 3. The first-order chi connectivity index (χ1) is 10.2. The van der Waals surface area contributed by atoms with Gasteiger partial charge in [-0.2, -0.15) is 0 Å². The molecule has 1 aromatic carbocycles. The van der Waals surface area contributed by atoms with Crippen molar-refractivity contribution in [2.45, 2.75) is 45.3 Å². The van der Waals surface area contributed by atoms with Crippen LogP contribution in [0, 0.1) is 5.92 Å². The van der Waals surface area contributed by atoms with Crippen molar-refractivity contribution in [1.29, 1.82) is 0 Å².